The molecule has 22 heavy (non-hydrogen) atoms. The fraction of sp³-hybridized carbons (Fsp3) is 0.562. The first kappa shape index (κ1) is 16.7. The average molecular weight is 310 g/mol. The van der Waals surface area contributed by atoms with Gasteiger partial charge in [0.05, 0.1) is 11.8 Å². The zero-order chi connectivity index (χ0) is 16.2. The van der Waals surface area contributed by atoms with E-state index in [2.05, 4.69) is 10.6 Å². The zero-order valence-corrected chi connectivity index (χ0v) is 13.2. The number of hydrogen-bond donors (Lipinski definition) is 2. The Balaban J connectivity index is 2.10. The number of carbonyl (C=O) groups is 1. The highest BCUT2D eigenvalue weighted by Crippen LogP contribution is 2.27. The molecule has 6 heteroatoms. The highest BCUT2D eigenvalue weighted by Gasteiger charge is 2.39. The number of hydrogen-bond acceptors (Lipinski definition) is 4. The molecule has 1 amide bonds. The molecule has 1 aromatic carbocycles. The number of nitrogens with one attached hydrogen (secondary N) is 2. The second-order valence-corrected chi connectivity index (χ2v) is 5.71. The zero-order valence-electron chi connectivity index (χ0n) is 13.2. The van der Waals surface area contributed by atoms with Crippen LogP contribution in [0.4, 0.5) is 10.1 Å². The number of ether oxygens (including phenoxy) is 2. The molecule has 0 aromatic heterocycles. The maximum absolute atomic E-state index is 14.1. The molecule has 1 heterocycles. The summed E-state index contributed by atoms with van der Waals surface area (Å²) in [6.45, 7) is 5.13. The van der Waals surface area contributed by atoms with Crippen LogP contribution in [0.3, 0.4) is 0 Å². The molecule has 0 radical (unpaired) electrons. The Hall–Kier alpha value is -1.66. The van der Waals surface area contributed by atoms with Crippen molar-refractivity contribution in [1.29, 1.82) is 0 Å². The molecule has 1 saturated heterocycles. The van der Waals surface area contributed by atoms with Crippen molar-refractivity contribution in [3.63, 3.8) is 0 Å². The lowest BCUT2D eigenvalue weighted by Gasteiger charge is -2.34. The Kier molecular flexibility index (Phi) is 5.37. The molecule has 0 spiro atoms. The molecule has 0 saturated carbocycles. The third kappa shape index (κ3) is 3.75. The van der Waals surface area contributed by atoms with Gasteiger partial charge >= 0.3 is 0 Å². The first-order chi connectivity index (χ1) is 10.5. The summed E-state index contributed by atoms with van der Waals surface area (Å²) in [5.74, 6) is -0.395. The quantitative estimate of drug-likeness (QED) is 0.876. The van der Waals surface area contributed by atoms with E-state index in [4.69, 9.17) is 9.47 Å². The van der Waals surface area contributed by atoms with Crippen LogP contribution in [-0.4, -0.2) is 37.8 Å². The number of anilines is 1. The van der Waals surface area contributed by atoms with Crippen molar-refractivity contribution >= 4 is 11.6 Å². The lowest BCUT2D eigenvalue weighted by atomic mass is 9.91. The van der Waals surface area contributed by atoms with Crippen LogP contribution < -0.4 is 15.4 Å². The first-order valence-corrected chi connectivity index (χ1v) is 7.50. The summed E-state index contributed by atoms with van der Waals surface area (Å²) in [7, 11) is 1.51. The Bertz CT molecular complexity index is 528. The molecular formula is C16H23FN2O3. The topological polar surface area (TPSA) is 59.6 Å². The van der Waals surface area contributed by atoms with Crippen LogP contribution >= 0.6 is 0 Å². The smallest absolute Gasteiger partial charge is 0.256 e. The maximum Gasteiger partial charge on any atom is 0.256 e. The summed E-state index contributed by atoms with van der Waals surface area (Å²) < 4.78 is 25.0. The minimum absolute atomic E-state index is 0.0358. The molecule has 0 unspecified atom stereocenters. The standard InChI is InChI=1S/C16H23FN2O3/c1-11(2)22-12-4-5-14(13(17)10-12)19-15(20)16(21-3)6-8-18-9-7-16/h4-5,10-11,18H,6-9H2,1-3H3,(H,19,20). The molecule has 1 fully saturated rings. The molecule has 2 rings (SSSR count). The fourth-order valence-corrected chi connectivity index (χ4v) is 2.53. The van der Waals surface area contributed by atoms with Gasteiger partial charge in [0.1, 0.15) is 17.2 Å². The van der Waals surface area contributed by atoms with Crippen molar-refractivity contribution in [2.24, 2.45) is 0 Å². The van der Waals surface area contributed by atoms with Gasteiger partial charge in [0, 0.05) is 13.2 Å². The van der Waals surface area contributed by atoms with Crippen molar-refractivity contribution in [2.75, 3.05) is 25.5 Å². The number of methoxy groups -OCH3 is 1. The second-order valence-electron chi connectivity index (χ2n) is 5.71. The summed E-state index contributed by atoms with van der Waals surface area (Å²) in [6, 6.07) is 4.42. The normalized spacial score (nSPS) is 17.3. The largest absolute Gasteiger partial charge is 0.491 e. The molecule has 122 valence electrons. The van der Waals surface area contributed by atoms with Crippen molar-refractivity contribution in [3.05, 3.63) is 24.0 Å². The van der Waals surface area contributed by atoms with Crippen LogP contribution in [0.25, 0.3) is 0 Å². The van der Waals surface area contributed by atoms with Crippen molar-refractivity contribution in [1.82, 2.24) is 5.32 Å². The van der Waals surface area contributed by atoms with E-state index in [1.807, 2.05) is 13.8 Å². The third-order valence-electron chi connectivity index (χ3n) is 3.78. The summed E-state index contributed by atoms with van der Waals surface area (Å²) in [5, 5.41) is 5.81. The molecule has 0 atom stereocenters. The highest BCUT2D eigenvalue weighted by molar-refractivity contribution is 5.97. The summed E-state index contributed by atoms with van der Waals surface area (Å²) >= 11 is 0. The van der Waals surface area contributed by atoms with Gasteiger partial charge in [-0.2, -0.15) is 0 Å². The van der Waals surface area contributed by atoms with Gasteiger partial charge < -0.3 is 20.1 Å². The van der Waals surface area contributed by atoms with E-state index in [1.165, 1.54) is 19.2 Å². The number of amides is 1. The van der Waals surface area contributed by atoms with Gasteiger partial charge in [0.2, 0.25) is 0 Å². The number of halogens is 1. The van der Waals surface area contributed by atoms with Gasteiger partial charge in [0.25, 0.3) is 5.91 Å². The maximum atomic E-state index is 14.1. The predicted octanol–water partition coefficient (Wildman–Crippen LogP) is 2.32. The van der Waals surface area contributed by atoms with E-state index in [1.54, 1.807) is 6.07 Å². The van der Waals surface area contributed by atoms with Crippen LogP contribution in [0.2, 0.25) is 0 Å². The molecular weight excluding hydrogens is 287 g/mol. The van der Waals surface area contributed by atoms with Crippen LogP contribution in [0.1, 0.15) is 26.7 Å². The molecule has 0 bridgehead atoms. The Morgan fingerprint density at radius 3 is 2.59 bits per heavy atom. The first-order valence-electron chi connectivity index (χ1n) is 7.50. The van der Waals surface area contributed by atoms with Crippen molar-refractivity contribution in [3.8, 4) is 5.75 Å². The summed E-state index contributed by atoms with van der Waals surface area (Å²) in [5.41, 5.74) is -0.763. The van der Waals surface area contributed by atoms with Crippen LogP contribution in [0, 0.1) is 5.82 Å². The van der Waals surface area contributed by atoms with Gasteiger partial charge in [-0.05, 0) is 51.9 Å². The van der Waals surface area contributed by atoms with Crippen molar-refractivity contribution < 1.29 is 18.7 Å². The number of carbonyl (C=O) groups excluding carboxylic acids is 1. The summed E-state index contributed by atoms with van der Waals surface area (Å²) in [4.78, 5) is 12.5. The molecule has 2 N–H and O–H groups in total. The minimum atomic E-state index is -0.898. The van der Waals surface area contributed by atoms with E-state index in [-0.39, 0.29) is 17.7 Å². The van der Waals surface area contributed by atoms with E-state index in [0.717, 1.165) is 0 Å². The third-order valence-corrected chi connectivity index (χ3v) is 3.78. The number of piperidine rings is 1. The van der Waals surface area contributed by atoms with Gasteiger partial charge in [-0.3, -0.25) is 4.79 Å². The van der Waals surface area contributed by atoms with Crippen LogP contribution in [0.5, 0.6) is 5.75 Å². The Labute approximate surface area is 130 Å². The molecule has 5 nitrogen and oxygen atoms in total. The molecule has 1 aromatic rings. The van der Waals surface area contributed by atoms with Gasteiger partial charge in [-0.1, -0.05) is 0 Å². The predicted molar refractivity (Wildman–Crippen MR) is 82.6 cm³/mol. The van der Waals surface area contributed by atoms with E-state index in [0.29, 0.717) is 31.7 Å². The van der Waals surface area contributed by atoms with Crippen molar-refractivity contribution in [2.45, 2.75) is 38.4 Å². The number of rotatable bonds is 5. The van der Waals surface area contributed by atoms with Crippen LogP contribution in [0.15, 0.2) is 18.2 Å². The van der Waals surface area contributed by atoms with Crippen LogP contribution in [-0.2, 0) is 9.53 Å². The summed E-state index contributed by atoms with van der Waals surface area (Å²) in [6.07, 6.45) is 1.09. The molecule has 0 aliphatic carbocycles. The molecule has 1 aliphatic heterocycles. The average Bonchev–Trinajstić information content (AvgIpc) is 2.50. The lowest BCUT2D eigenvalue weighted by Crippen LogP contribution is -2.51. The highest BCUT2D eigenvalue weighted by atomic mass is 19.1. The molecule has 1 aliphatic rings. The number of benzene rings is 1. The van der Waals surface area contributed by atoms with Gasteiger partial charge in [-0.15, -0.1) is 0 Å². The Morgan fingerprint density at radius 1 is 1.36 bits per heavy atom. The SMILES string of the molecule is COC1(C(=O)Nc2ccc(OC(C)C)cc2F)CCNCC1. The van der Waals surface area contributed by atoms with Gasteiger partial charge in [-0.25, -0.2) is 4.39 Å². The van der Waals surface area contributed by atoms with E-state index in [9.17, 15) is 9.18 Å². The van der Waals surface area contributed by atoms with Gasteiger partial charge in [0.15, 0.2) is 0 Å². The monoisotopic (exact) mass is 310 g/mol. The fourth-order valence-electron chi connectivity index (χ4n) is 2.53. The minimum Gasteiger partial charge on any atom is -0.491 e. The van der Waals surface area contributed by atoms with E-state index >= 15 is 0 Å². The van der Waals surface area contributed by atoms with E-state index < -0.39 is 11.4 Å². The second kappa shape index (κ2) is 7.07. The lowest BCUT2D eigenvalue weighted by molar-refractivity contribution is -0.140. The Morgan fingerprint density at radius 2 is 2.05 bits per heavy atom.